The molecule has 3 rings (SSSR count). The number of benzene rings is 1. The first-order valence-electron chi connectivity index (χ1n) is 7.15. The third-order valence-corrected chi connectivity index (χ3v) is 4.60. The van der Waals surface area contributed by atoms with Crippen LogP contribution < -0.4 is 4.90 Å². The van der Waals surface area contributed by atoms with Crippen molar-refractivity contribution in [1.82, 2.24) is 9.80 Å². The molecule has 0 aromatic heterocycles. The largest absolute Gasteiger partial charge is 0.369 e. The molecule has 0 aliphatic carbocycles. The van der Waals surface area contributed by atoms with E-state index in [0.717, 1.165) is 37.6 Å². The number of hydrogen-bond donors (Lipinski definition) is 0. The number of nitrogens with zero attached hydrogens (tertiary/aromatic N) is 3. The van der Waals surface area contributed by atoms with E-state index in [1.165, 1.54) is 5.69 Å². The first-order valence-corrected chi connectivity index (χ1v) is 7.53. The van der Waals surface area contributed by atoms with E-state index < -0.39 is 0 Å². The summed E-state index contributed by atoms with van der Waals surface area (Å²) in [5.74, 6) is 0.271. The second kappa shape index (κ2) is 5.62. The monoisotopic (exact) mass is 293 g/mol. The molecule has 20 heavy (non-hydrogen) atoms. The van der Waals surface area contributed by atoms with Gasteiger partial charge in [0.15, 0.2) is 0 Å². The molecule has 4 nitrogen and oxygen atoms in total. The zero-order valence-corrected chi connectivity index (χ0v) is 12.5. The maximum Gasteiger partial charge on any atom is 0.223 e. The molecule has 0 N–H and O–H groups in total. The number of carbonyl (C=O) groups excluding carboxylic acids is 1. The third-order valence-electron chi connectivity index (χ3n) is 4.37. The van der Waals surface area contributed by atoms with Gasteiger partial charge < -0.3 is 9.80 Å². The highest BCUT2D eigenvalue weighted by atomic mass is 35.5. The van der Waals surface area contributed by atoms with Crippen molar-refractivity contribution < 1.29 is 4.79 Å². The zero-order chi connectivity index (χ0) is 14.1. The molecule has 1 aromatic rings. The van der Waals surface area contributed by atoms with Crippen molar-refractivity contribution in [2.45, 2.75) is 19.0 Å². The fourth-order valence-corrected chi connectivity index (χ4v) is 3.35. The molecule has 5 heteroatoms. The van der Waals surface area contributed by atoms with Crippen LogP contribution in [0.15, 0.2) is 24.3 Å². The Balaban J connectivity index is 1.61. The molecule has 1 atom stereocenters. The highest BCUT2D eigenvalue weighted by Crippen LogP contribution is 2.24. The molecule has 0 radical (unpaired) electrons. The summed E-state index contributed by atoms with van der Waals surface area (Å²) in [7, 11) is 1.92. The van der Waals surface area contributed by atoms with Gasteiger partial charge in [-0.05, 0) is 24.6 Å². The molecular formula is C15H20ClN3O. The van der Waals surface area contributed by atoms with E-state index in [2.05, 4.69) is 15.9 Å². The van der Waals surface area contributed by atoms with Crippen LogP contribution in [0.4, 0.5) is 5.69 Å². The van der Waals surface area contributed by atoms with Gasteiger partial charge in [0.2, 0.25) is 5.91 Å². The first kappa shape index (κ1) is 13.7. The smallest absolute Gasteiger partial charge is 0.223 e. The third kappa shape index (κ3) is 2.63. The second-order valence-corrected chi connectivity index (χ2v) is 5.96. The molecule has 108 valence electrons. The maximum absolute atomic E-state index is 11.6. The van der Waals surface area contributed by atoms with Crippen LogP contribution in [-0.4, -0.2) is 55.1 Å². The number of carbonyl (C=O) groups is 1. The van der Waals surface area contributed by atoms with Crippen molar-refractivity contribution in [2.24, 2.45) is 0 Å². The predicted octanol–water partition coefficient (Wildman–Crippen LogP) is 2.04. The van der Waals surface area contributed by atoms with E-state index in [1.807, 2.05) is 30.1 Å². The van der Waals surface area contributed by atoms with Crippen LogP contribution in [0.1, 0.15) is 12.8 Å². The summed E-state index contributed by atoms with van der Waals surface area (Å²) < 4.78 is 0. The second-order valence-electron chi connectivity index (χ2n) is 5.53. The minimum atomic E-state index is 0.271. The Morgan fingerprint density at radius 3 is 2.55 bits per heavy atom. The van der Waals surface area contributed by atoms with E-state index in [1.54, 1.807) is 0 Å². The molecule has 2 aliphatic heterocycles. The van der Waals surface area contributed by atoms with Crippen LogP contribution in [0.2, 0.25) is 5.02 Å². The van der Waals surface area contributed by atoms with E-state index in [9.17, 15) is 4.79 Å². The number of likely N-dealkylation sites (tertiary alicyclic amines) is 1. The van der Waals surface area contributed by atoms with E-state index >= 15 is 0 Å². The summed E-state index contributed by atoms with van der Waals surface area (Å²) in [6, 6.07) is 8.02. The highest BCUT2D eigenvalue weighted by molar-refractivity contribution is 6.30. The van der Waals surface area contributed by atoms with Gasteiger partial charge in [-0.25, -0.2) is 0 Å². The van der Waals surface area contributed by atoms with Crippen LogP contribution in [0.25, 0.3) is 0 Å². The van der Waals surface area contributed by atoms with Gasteiger partial charge in [-0.3, -0.25) is 9.69 Å². The maximum atomic E-state index is 11.6. The van der Waals surface area contributed by atoms with Crippen molar-refractivity contribution in [3.63, 3.8) is 0 Å². The van der Waals surface area contributed by atoms with Gasteiger partial charge in [-0.2, -0.15) is 0 Å². The molecule has 0 spiro atoms. The quantitative estimate of drug-likeness (QED) is 0.835. The standard InChI is InChI=1S/C15H20ClN3O/c1-17-14(5-6-15(17)20)19-9-7-18(8-10-19)13-4-2-3-12(16)11-13/h2-4,11,14H,5-10H2,1H3. The van der Waals surface area contributed by atoms with Crippen LogP contribution >= 0.6 is 11.6 Å². The first-order chi connectivity index (χ1) is 9.65. The van der Waals surface area contributed by atoms with Crippen molar-refractivity contribution in [3.05, 3.63) is 29.3 Å². The van der Waals surface area contributed by atoms with Gasteiger partial charge in [0.25, 0.3) is 0 Å². The van der Waals surface area contributed by atoms with Crippen molar-refractivity contribution >= 4 is 23.2 Å². The van der Waals surface area contributed by atoms with Crippen LogP contribution in [0.3, 0.4) is 0 Å². The van der Waals surface area contributed by atoms with Crippen LogP contribution in [0, 0.1) is 0 Å². The normalized spacial score (nSPS) is 24.5. The van der Waals surface area contributed by atoms with Crippen LogP contribution in [0.5, 0.6) is 0 Å². The Kier molecular flexibility index (Phi) is 3.85. The number of hydrogen-bond acceptors (Lipinski definition) is 3. The number of halogens is 1. The number of amides is 1. The van der Waals surface area contributed by atoms with Gasteiger partial charge >= 0.3 is 0 Å². The van der Waals surface area contributed by atoms with E-state index in [-0.39, 0.29) is 5.91 Å². The minimum Gasteiger partial charge on any atom is -0.369 e. The van der Waals surface area contributed by atoms with Crippen molar-refractivity contribution in [2.75, 3.05) is 38.1 Å². The van der Waals surface area contributed by atoms with Crippen molar-refractivity contribution in [1.29, 1.82) is 0 Å². The zero-order valence-electron chi connectivity index (χ0n) is 11.8. The molecule has 0 bridgehead atoms. The molecule has 2 saturated heterocycles. The lowest BCUT2D eigenvalue weighted by Crippen LogP contribution is -2.53. The summed E-state index contributed by atoms with van der Waals surface area (Å²) in [5, 5.41) is 0.783. The van der Waals surface area contributed by atoms with Crippen molar-refractivity contribution in [3.8, 4) is 0 Å². The van der Waals surface area contributed by atoms with E-state index in [4.69, 9.17) is 11.6 Å². The van der Waals surface area contributed by atoms with Gasteiger partial charge in [0, 0.05) is 50.4 Å². The fraction of sp³-hybridized carbons (Fsp3) is 0.533. The van der Waals surface area contributed by atoms with Gasteiger partial charge in [0.05, 0.1) is 6.17 Å². The van der Waals surface area contributed by atoms with Gasteiger partial charge in [0.1, 0.15) is 0 Å². The SMILES string of the molecule is CN1C(=O)CCC1N1CCN(c2cccc(Cl)c2)CC1. The fourth-order valence-electron chi connectivity index (χ4n) is 3.17. The lowest BCUT2D eigenvalue weighted by molar-refractivity contribution is -0.129. The Hall–Kier alpha value is -1.26. The highest BCUT2D eigenvalue weighted by Gasteiger charge is 2.33. The average molecular weight is 294 g/mol. The van der Waals surface area contributed by atoms with Gasteiger partial charge in [-0.15, -0.1) is 0 Å². The van der Waals surface area contributed by atoms with Crippen LogP contribution in [-0.2, 0) is 4.79 Å². The molecule has 1 aromatic carbocycles. The van der Waals surface area contributed by atoms with Gasteiger partial charge in [-0.1, -0.05) is 17.7 Å². The minimum absolute atomic E-state index is 0.271. The molecular weight excluding hydrogens is 274 g/mol. The summed E-state index contributed by atoms with van der Waals surface area (Å²) in [5.41, 5.74) is 1.19. The topological polar surface area (TPSA) is 26.8 Å². The number of anilines is 1. The summed E-state index contributed by atoms with van der Waals surface area (Å²) >= 11 is 6.05. The Morgan fingerprint density at radius 1 is 1.20 bits per heavy atom. The number of rotatable bonds is 2. The Labute approximate surface area is 124 Å². The lowest BCUT2D eigenvalue weighted by atomic mass is 10.2. The summed E-state index contributed by atoms with van der Waals surface area (Å²) in [6.45, 7) is 3.96. The lowest BCUT2D eigenvalue weighted by Gasteiger charge is -2.41. The molecule has 1 amide bonds. The number of piperazine rings is 1. The predicted molar refractivity (Wildman–Crippen MR) is 81.0 cm³/mol. The van der Waals surface area contributed by atoms with E-state index in [0.29, 0.717) is 12.6 Å². The molecule has 2 heterocycles. The molecule has 1 unspecified atom stereocenters. The Morgan fingerprint density at radius 2 is 1.95 bits per heavy atom. The molecule has 0 saturated carbocycles. The molecule has 2 aliphatic rings. The Bertz CT molecular complexity index is 500. The summed E-state index contributed by atoms with van der Waals surface area (Å²) in [6.07, 6.45) is 1.95. The summed E-state index contributed by atoms with van der Waals surface area (Å²) in [4.78, 5) is 18.3. The molecule has 2 fully saturated rings. The average Bonchev–Trinajstić information content (AvgIpc) is 2.79.